The first-order chi connectivity index (χ1) is 18.6. The number of aryl methyl sites for hydroxylation is 2. The molecule has 4 aromatic rings. The van der Waals surface area contributed by atoms with Gasteiger partial charge in [-0.1, -0.05) is 11.6 Å². The van der Waals surface area contributed by atoms with Crippen LogP contribution in [0, 0.1) is 11.6 Å². The third kappa shape index (κ3) is 4.45. The minimum Gasteiger partial charge on any atom is -0.487 e. The van der Waals surface area contributed by atoms with Crippen LogP contribution in [0.1, 0.15) is 55.4 Å². The van der Waals surface area contributed by atoms with E-state index in [1.165, 1.54) is 27.7 Å². The summed E-state index contributed by atoms with van der Waals surface area (Å²) in [7, 11) is 0. The number of rotatable bonds is 4. The number of fused-ring (bicyclic) bond motifs is 4. The second kappa shape index (κ2) is 9.42. The lowest BCUT2D eigenvalue weighted by molar-refractivity contribution is 0.0734. The van der Waals surface area contributed by atoms with E-state index in [1.807, 2.05) is 0 Å². The van der Waals surface area contributed by atoms with Crippen LogP contribution >= 0.6 is 11.6 Å². The standard InChI is InChI=1S/C27H24ClF2N5O4/c1-27(2,37)20-7-8-34(33-20)25-22(30)24-14(11-32-25)5-3-4-6-16-10-17(21(28)26(36)35(16)24)39-19-13-38-18-9-15(29)12-31-23(18)19/h7-12,19,37H,3-6,13H2,1-2H3. The number of pyridine rings is 3. The van der Waals surface area contributed by atoms with Crippen molar-refractivity contribution in [2.24, 2.45) is 0 Å². The summed E-state index contributed by atoms with van der Waals surface area (Å²) >= 11 is 6.52. The fourth-order valence-electron chi connectivity index (χ4n) is 4.88. The Bertz CT molecular complexity index is 1660. The molecule has 4 aromatic heterocycles. The van der Waals surface area contributed by atoms with Gasteiger partial charge in [-0.3, -0.25) is 14.3 Å². The van der Waals surface area contributed by atoms with Crippen molar-refractivity contribution < 1.29 is 23.4 Å². The van der Waals surface area contributed by atoms with Gasteiger partial charge in [0.15, 0.2) is 17.7 Å². The van der Waals surface area contributed by atoms with E-state index < -0.39 is 28.9 Å². The summed E-state index contributed by atoms with van der Waals surface area (Å²) in [6.07, 6.45) is 5.91. The topological polar surface area (TPSA) is 104 Å². The van der Waals surface area contributed by atoms with Gasteiger partial charge in [-0.2, -0.15) is 5.10 Å². The Morgan fingerprint density at radius 2 is 1.97 bits per heavy atom. The molecule has 0 fully saturated rings. The average molecular weight is 556 g/mol. The first-order valence-electron chi connectivity index (χ1n) is 12.5. The fraction of sp³-hybridized carbons (Fsp3) is 0.333. The molecule has 0 saturated carbocycles. The molecule has 1 unspecified atom stereocenters. The van der Waals surface area contributed by atoms with Gasteiger partial charge in [-0.15, -0.1) is 0 Å². The Morgan fingerprint density at radius 1 is 1.18 bits per heavy atom. The molecule has 0 amide bonds. The van der Waals surface area contributed by atoms with Gasteiger partial charge in [0.1, 0.15) is 40.2 Å². The minimum absolute atomic E-state index is 0.0557. The van der Waals surface area contributed by atoms with E-state index in [0.717, 1.165) is 19.0 Å². The maximum Gasteiger partial charge on any atom is 0.278 e. The van der Waals surface area contributed by atoms with Gasteiger partial charge in [0.05, 0.1) is 17.6 Å². The van der Waals surface area contributed by atoms with Gasteiger partial charge in [-0.05, 0) is 51.2 Å². The van der Waals surface area contributed by atoms with Crippen LogP contribution in [0.5, 0.6) is 11.5 Å². The van der Waals surface area contributed by atoms with E-state index in [9.17, 15) is 14.3 Å². The molecule has 12 heteroatoms. The summed E-state index contributed by atoms with van der Waals surface area (Å²) < 4.78 is 43.8. The van der Waals surface area contributed by atoms with Gasteiger partial charge in [-0.25, -0.2) is 18.4 Å². The van der Waals surface area contributed by atoms with Crippen molar-refractivity contribution in [2.75, 3.05) is 6.61 Å². The monoisotopic (exact) mass is 555 g/mol. The highest BCUT2D eigenvalue weighted by Crippen LogP contribution is 2.37. The van der Waals surface area contributed by atoms with Crippen molar-refractivity contribution in [3.63, 3.8) is 0 Å². The van der Waals surface area contributed by atoms with Crippen molar-refractivity contribution in [3.05, 3.63) is 86.4 Å². The Balaban J connectivity index is 1.45. The summed E-state index contributed by atoms with van der Waals surface area (Å²) in [4.78, 5) is 22.0. The van der Waals surface area contributed by atoms with Gasteiger partial charge < -0.3 is 14.6 Å². The van der Waals surface area contributed by atoms with Crippen molar-refractivity contribution in [1.29, 1.82) is 0 Å². The fourth-order valence-corrected chi connectivity index (χ4v) is 5.07. The molecule has 202 valence electrons. The van der Waals surface area contributed by atoms with Crippen LogP contribution in [0.4, 0.5) is 8.78 Å². The largest absolute Gasteiger partial charge is 0.487 e. The van der Waals surface area contributed by atoms with Gasteiger partial charge in [0.2, 0.25) is 0 Å². The zero-order chi connectivity index (χ0) is 27.5. The second-order valence-electron chi connectivity index (χ2n) is 10.1. The Labute approximate surface area is 226 Å². The van der Waals surface area contributed by atoms with Crippen LogP contribution in [-0.4, -0.2) is 36.0 Å². The molecule has 6 rings (SSSR count). The molecule has 2 aliphatic heterocycles. The molecule has 1 N–H and O–H groups in total. The zero-order valence-corrected chi connectivity index (χ0v) is 21.9. The summed E-state index contributed by atoms with van der Waals surface area (Å²) in [5.74, 6) is -1.01. The molecule has 1 atom stereocenters. The number of hydrogen-bond donors (Lipinski definition) is 1. The van der Waals surface area contributed by atoms with E-state index in [4.69, 9.17) is 21.1 Å². The molecule has 9 nitrogen and oxygen atoms in total. The number of aromatic nitrogens is 5. The first-order valence-corrected chi connectivity index (χ1v) is 12.9. The average Bonchev–Trinajstić information content (AvgIpc) is 3.52. The van der Waals surface area contributed by atoms with Crippen molar-refractivity contribution in [3.8, 4) is 23.0 Å². The maximum absolute atomic E-state index is 16.2. The van der Waals surface area contributed by atoms with Crippen molar-refractivity contribution in [1.82, 2.24) is 24.3 Å². The number of hydrogen-bond acceptors (Lipinski definition) is 7. The van der Waals surface area contributed by atoms with E-state index in [2.05, 4.69) is 15.1 Å². The van der Waals surface area contributed by atoms with Gasteiger partial charge in [0, 0.05) is 30.2 Å². The Morgan fingerprint density at radius 3 is 2.74 bits per heavy atom. The predicted molar refractivity (Wildman–Crippen MR) is 137 cm³/mol. The van der Waals surface area contributed by atoms with E-state index >= 15 is 4.39 Å². The molecule has 0 radical (unpaired) electrons. The molecule has 0 saturated heterocycles. The van der Waals surface area contributed by atoms with Crippen LogP contribution in [0.2, 0.25) is 5.02 Å². The summed E-state index contributed by atoms with van der Waals surface area (Å²) in [5.41, 5.74) is -0.00709. The predicted octanol–water partition coefficient (Wildman–Crippen LogP) is 4.36. The highest BCUT2D eigenvalue weighted by Gasteiger charge is 2.31. The number of halogens is 3. The summed E-state index contributed by atoms with van der Waals surface area (Å²) in [6.45, 7) is 3.22. The maximum atomic E-state index is 16.2. The van der Waals surface area contributed by atoms with Crippen LogP contribution in [0.25, 0.3) is 11.5 Å². The number of ether oxygens (including phenoxy) is 2. The third-order valence-electron chi connectivity index (χ3n) is 6.84. The normalized spacial score (nSPS) is 16.5. The third-order valence-corrected chi connectivity index (χ3v) is 7.19. The molecule has 0 aromatic carbocycles. The van der Waals surface area contributed by atoms with E-state index in [0.29, 0.717) is 35.5 Å². The minimum atomic E-state index is -1.23. The van der Waals surface area contributed by atoms with Gasteiger partial charge in [0.25, 0.3) is 5.56 Å². The lowest BCUT2D eigenvalue weighted by Crippen LogP contribution is -2.27. The zero-order valence-electron chi connectivity index (χ0n) is 21.1. The van der Waals surface area contributed by atoms with Crippen LogP contribution in [-0.2, 0) is 18.4 Å². The molecule has 0 bridgehead atoms. The first kappa shape index (κ1) is 25.4. The highest BCUT2D eigenvalue weighted by atomic mass is 35.5. The van der Waals surface area contributed by atoms with Gasteiger partial charge >= 0.3 is 0 Å². The molecule has 6 heterocycles. The second-order valence-corrected chi connectivity index (χ2v) is 10.5. The van der Waals surface area contributed by atoms with Crippen LogP contribution in [0.3, 0.4) is 0 Å². The molecule has 0 aliphatic carbocycles. The molecule has 0 spiro atoms. The summed E-state index contributed by atoms with van der Waals surface area (Å²) in [5, 5.41) is 14.3. The van der Waals surface area contributed by atoms with Crippen molar-refractivity contribution >= 4 is 11.6 Å². The molecular formula is C27H24ClF2N5O4. The summed E-state index contributed by atoms with van der Waals surface area (Å²) in [6, 6.07) is 4.42. The lowest BCUT2D eigenvalue weighted by Gasteiger charge is -2.23. The lowest BCUT2D eigenvalue weighted by atomic mass is 10.0. The molecule has 2 aliphatic rings. The smallest absolute Gasteiger partial charge is 0.278 e. The van der Waals surface area contributed by atoms with E-state index in [-0.39, 0.29) is 34.6 Å². The van der Waals surface area contributed by atoms with Crippen LogP contribution < -0.4 is 15.0 Å². The highest BCUT2D eigenvalue weighted by molar-refractivity contribution is 6.31. The quantitative estimate of drug-likeness (QED) is 0.399. The number of aliphatic hydroxyl groups is 1. The molecular weight excluding hydrogens is 532 g/mol. The number of nitrogens with zero attached hydrogens (tertiary/aromatic N) is 5. The van der Waals surface area contributed by atoms with Crippen molar-refractivity contribution in [2.45, 2.75) is 51.2 Å². The SMILES string of the molecule is CC(C)(O)c1ccn(-c2ncc3c(c2F)-n2c(cc(OC4COc5cc(F)cnc54)c(Cl)c2=O)CCCC3)n1. The van der Waals surface area contributed by atoms with E-state index in [1.54, 1.807) is 26.0 Å². The molecule has 39 heavy (non-hydrogen) atoms. The Kier molecular flexibility index (Phi) is 6.15. The van der Waals surface area contributed by atoms with Crippen LogP contribution in [0.15, 0.2) is 41.6 Å². The Hall–Kier alpha value is -3.83.